The van der Waals surface area contributed by atoms with Crippen LogP contribution in [0.15, 0.2) is 65.6 Å². The second-order valence-corrected chi connectivity index (χ2v) is 6.93. The average Bonchev–Trinajstić information content (AvgIpc) is 3.46. The highest BCUT2D eigenvalue weighted by atomic mass is 16.5. The molecule has 0 bridgehead atoms. The van der Waals surface area contributed by atoms with Crippen molar-refractivity contribution in [3.63, 3.8) is 0 Å². The third kappa shape index (κ3) is 4.47. The predicted octanol–water partition coefficient (Wildman–Crippen LogP) is 3.41. The molecular formula is C21H19N7O3. The smallest absolute Gasteiger partial charge is 0.258 e. The third-order valence-electron chi connectivity index (χ3n) is 4.41. The molecule has 156 valence electrons. The first-order chi connectivity index (χ1) is 15.0. The van der Waals surface area contributed by atoms with Crippen LogP contribution in [0.1, 0.15) is 40.6 Å². The molecule has 31 heavy (non-hydrogen) atoms. The maximum Gasteiger partial charge on any atom is 0.258 e. The first kappa shape index (κ1) is 20.0. The van der Waals surface area contributed by atoms with Gasteiger partial charge in [0, 0.05) is 23.2 Å². The zero-order valence-electron chi connectivity index (χ0n) is 16.8. The fourth-order valence-electron chi connectivity index (χ4n) is 2.89. The quantitative estimate of drug-likeness (QED) is 0.492. The molecule has 1 aromatic carbocycles. The zero-order valence-corrected chi connectivity index (χ0v) is 16.8. The summed E-state index contributed by atoms with van der Waals surface area (Å²) >= 11 is 0. The second-order valence-electron chi connectivity index (χ2n) is 6.93. The number of rotatable bonds is 6. The monoisotopic (exact) mass is 417 g/mol. The highest BCUT2D eigenvalue weighted by Crippen LogP contribution is 2.20. The van der Waals surface area contributed by atoms with E-state index >= 15 is 0 Å². The number of nitrogens with zero attached hydrogens (tertiary/aromatic N) is 5. The van der Waals surface area contributed by atoms with Crippen LogP contribution in [-0.2, 0) is 0 Å². The summed E-state index contributed by atoms with van der Waals surface area (Å²) in [4.78, 5) is 29.6. The normalized spacial score (nSPS) is 10.8. The SMILES string of the molecule is CC(C)n1cnnc1-c1cccc(NC(=O)c2cccc(C(=O)Nc3ccno3)c2)n1. The van der Waals surface area contributed by atoms with Gasteiger partial charge in [0.1, 0.15) is 17.8 Å². The minimum absolute atomic E-state index is 0.163. The van der Waals surface area contributed by atoms with Crippen LogP contribution < -0.4 is 10.6 Å². The van der Waals surface area contributed by atoms with Gasteiger partial charge in [-0.05, 0) is 44.2 Å². The summed E-state index contributed by atoms with van der Waals surface area (Å²) in [5.74, 6) is 0.369. The Morgan fingerprint density at radius 3 is 2.45 bits per heavy atom. The first-order valence-electron chi connectivity index (χ1n) is 9.51. The number of anilines is 2. The summed E-state index contributed by atoms with van der Waals surface area (Å²) < 4.78 is 6.76. The number of carbonyl (C=O) groups excluding carboxylic acids is 2. The average molecular weight is 417 g/mol. The molecule has 0 spiro atoms. The van der Waals surface area contributed by atoms with Crippen LogP contribution >= 0.6 is 0 Å². The van der Waals surface area contributed by atoms with Crippen molar-refractivity contribution < 1.29 is 14.1 Å². The van der Waals surface area contributed by atoms with Crippen LogP contribution in [0.4, 0.5) is 11.7 Å². The van der Waals surface area contributed by atoms with Crippen molar-refractivity contribution >= 4 is 23.5 Å². The Morgan fingerprint density at radius 2 is 1.74 bits per heavy atom. The number of carbonyl (C=O) groups is 2. The molecule has 0 aliphatic rings. The Kier molecular flexibility index (Phi) is 5.52. The minimum Gasteiger partial charge on any atom is -0.338 e. The minimum atomic E-state index is -0.417. The number of amides is 2. The van der Waals surface area contributed by atoms with Gasteiger partial charge >= 0.3 is 0 Å². The molecule has 0 saturated heterocycles. The Bertz CT molecular complexity index is 1220. The van der Waals surface area contributed by atoms with Gasteiger partial charge in [-0.3, -0.25) is 14.9 Å². The Balaban J connectivity index is 1.51. The van der Waals surface area contributed by atoms with Crippen molar-refractivity contribution in [2.24, 2.45) is 0 Å². The summed E-state index contributed by atoms with van der Waals surface area (Å²) in [6, 6.07) is 13.3. The molecule has 10 heteroatoms. The first-order valence-corrected chi connectivity index (χ1v) is 9.51. The Labute approximate surface area is 177 Å². The van der Waals surface area contributed by atoms with E-state index in [-0.39, 0.29) is 11.9 Å². The van der Waals surface area contributed by atoms with E-state index < -0.39 is 11.8 Å². The van der Waals surface area contributed by atoms with Crippen molar-refractivity contribution in [1.82, 2.24) is 24.9 Å². The van der Waals surface area contributed by atoms with E-state index in [0.717, 1.165) is 0 Å². The van der Waals surface area contributed by atoms with Gasteiger partial charge in [0.15, 0.2) is 5.82 Å². The van der Waals surface area contributed by atoms with E-state index in [9.17, 15) is 9.59 Å². The summed E-state index contributed by atoms with van der Waals surface area (Å²) in [5.41, 5.74) is 1.20. The lowest BCUT2D eigenvalue weighted by molar-refractivity contribution is 0.102. The maximum absolute atomic E-state index is 12.7. The summed E-state index contributed by atoms with van der Waals surface area (Å²) in [6.07, 6.45) is 3.06. The fraction of sp³-hybridized carbons (Fsp3) is 0.143. The molecule has 3 aromatic heterocycles. The Hall–Kier alpha value is -4.34. The molecule has 0 unspecified atom stereocenters. The molecular weight excluding hydrogens is 398 g/mol. The van der Waals surface area contributed by atoms with Gasteiger partial charge in [0.2, 0.25) is 5.88 Å². The molecule has 0 saturated carbocycles. The van der Waals surface area contributed by atoms with Crippen LogP contribution in [-0.4, -0.2) is 36.7 Å². The zero-order chi connectivity index (χ0) is 21.8. The van der Waals surface area contributed by atoms with Crippen molar-refractivity contribution in [3.8, 4) is 11.5 Å². The molecule has 0 radical (unpaired) electrons. The van der Waals surface area contributed by atoms with Gasteiger partial charge in [-0.15, -0.1) is 10.2 Å². The third-order valence-corrected chi connectivity index (χ3v) is 4.41. The maximum atomic E-state index is 12.7. The van der Waals surface area contributed by atoms with Crippen molar-refractivity contribution in [2.75, 3.05) is 10.6 Å². The van der Waals surface area contributed by atoms with Crippen LogP contribution in [0.25, 0.3) is 11.5 Å². The van der Waals surface area contributed by atoms with E-state index in [0.29, 0.717) is 28.5 Å². The van der Waals surface area contributed by atoms with Gasteiger partial charge in [-0.1, -0.05) is 17.3 Å². The molecule has 2 amide bonds. The number of nitrogens with one attached hydrogen (secondary N) is 2. The molecule has 0 fully saturated rings. The van der Waals surface area contributed by atoms with E-state index in [4.69, 9.17) is 4.52 Å². The molecule has 4 aromatic rings. The second kappa shape index (κ2) is 8.57. The van der Waals surface area contributed by atoms with Gasteiger partial charge in [-0.25, -0.2) is 4.98 Å². The standard InChI is InChI=1S/C21H19N7O3/c1-13(2)28-12-22-27-19(28)16-7-4-8-17(24-16)25-20(29)14-5-3-6-15(11-14)21(30)26-18-9-10-23-31-18/h3-13H,1-2H3,(H,26,30)(H,24,25,29). The van der Waals surface area contributed by atoms with Crippen molar-refractivity contribution in [2.45, 2.75) is 19.9 Å². The largest absolute Gasteiger partial charge is 0.338 e. The molecule has 2 N–H and O–H groups in total. The van der Waals surface area contributed by atoms with Crippen molar-refractivity contribution in [1.29, 1.82) is 0 Å². The number of benzene rings is 1. The lowest BCUT2D eigenvalue weighted by Crippen LogP contribution is -2.16. The van der Waals surface area contributed by atoms with Gasteiger partial charge in [-0.2, -0.15) is 0 Å². The molecule has 0 aliphatic heterocycles. The van der Waals surface area contributed by atoms with Gasteiger partial charge < -0.3 is 14.4 Å². The summed E-state index contributed by atoms with van der Waals surface area (Å²) in [6.45, 7) is 4.04. The lowest BCUT2D eigenvalue weighted by Gasteiger charge is -2.11. The Morgan fingerprint density at radius 1 is 1.00 bits per heavy atom. The van der Waals surface area contributed by atoms with E-state index in [1.165, 1.54) is 18.3 Å². The summed E-state index contributed by atoms with van der Waals surface area (Å²) in [7, 11) is 0. The number of pyridine rings is 1. The summed E-state index contributed by atoms with van der Waals surface area (Å²) in [5, 5.41) is 16.9. The van der Waals surface area contributed by atoms with Crippen LogP contribution in [0.3, 0.4) is 0 Å². The van der Waals surface area contributed by atoms with Crippen molar-refractivity contribution in [3.05, 3.63) is 72.2 Å². The topological polar surface area (TPSA) is 128 Å². The number of hydrogen-bond acceptors (Lipinski definition) is 7. The van der Waals surface area contributed by atoms with Gasteiger partial charge in [0.25, 0.3) is 11.8 Å². The molecule has 10 nitrogen and oxygen atoms in total. The molecule has 4 rings (SSSR count). The molecule has 0 aliphatic carbocycles. The fourth-order valence-corrected chi connectivity index (χ4v) is 2.89. The van der Waals surface area contributed by atoms with Crippen LogP contribution in [0, 0.1) is 0 Å². The number of hydrogen-bond donors (Lipinski definition) is 2. The number of aromatic nitrogens is 5. The van der Waals surface area contributed by atoms with Crippen LogP contribution in [0.5, 0.6) is 0 Å². The van der Waals surface area contributed by atoms with E-state index in [1.807, 2.05) is 18.4 Å². The molecule has 3 heterocycles. The highest BCUT2D eigenvalue weighted by Gasteiger charge is 2.15. The highest BCUT2D eigenvalue weighted by molar-refractivity contribution is 6.08. The van der Waals surface area contributed by atoms with E-state index in [2.05, 4.69) is 31.0 Å². The van der Waals surface area contributed by atoms with E-state index in [1.54, 1.807) is 42.7 Å². The predicted molar refractivity (Wildman–Crippen MR) is 112 cm³/mol. The molecule has 0 atom stereocenters. The van der Waals surface area contributed by atoms with Crippen LogP contribution in [0.2, 0.25) is 0 Å². The lowest BCUT2D eigenvalue weighted by atomic mass is 10.1. The van der Waals surface area contributed by atoms with Gasteiger partial charge in [0.05, 0.1) is 6.20 Å².